The van der Waals surface area contributed by atoms with E-state index < -0.39 is 24.0 Å². The van der Waals surface area contributed by atoms with Gasteiger partial charge in [-0.15, -0.1) is 0 Å². The lowest BCUT2D eigenvalue weighted by Crippen LogP contribution is -2.53. The van der Waals surface area contributed by atoms with Crippen LogP contribution in [0.2, 0.25) is 0 Å². The number of benzene rings is 2. The molecule has 1 aliphatic heterocycles. The van der Waals surface area contributed by atoms with Gasteiger partial charge < -0.3 is 20.1 Å². The number of ether oxygens (including phenoxy) is 1. The van der Waals surface area contributed by atoms with Crippen LogP contribution in [0.3, 0.4) is 0 Å². The fourth-order valence-electron chi connectivity index (χ4n) is 5.62. The van der Waals surface area contributed by atoms with Gasteiger partial charge in [-0.1, -0.05) is 68.3 Å². The average Bonchev–Trinajstić information content (AvgIpc) is 3.62. The van der Waals surface area contributed by atoms with Gasteiger partial charge in [0.15, 0.2) is 0 Å². The number of carbonyl (C=O) groups is 3. The van der Waals surface area contributed by atoms with Crippen molar-refractivity contribution in [1.82, 2.24) is 10.2 Å². The van der Waals surface area contributed by atoms with E-state index in [9.17, 15) is 19.5 Å². The summed E-state index contributed by atoms with van der Waals surface area (Å²) in [6.45, 7) is 2.86. The van der Waals surface area contributed by atoms with Crippen LogP contribution in [0.5, 0.6) is 0 Å². The van der Waals surface area contributed by atoms with Gasteiger partial charge in [-0.25, -0.2) is 4.79 Å². The number of amides is 2. The minimum absolute atomic E-state index is 0.0402. The van der Waals surface area contributed by atoms with Gasteiger partial charge >= 0.3 is 12.1 Å². The summed E-state index contributed by atoms with van der Waals surface area (Å²) in [5.41, 5.74) is 4.61. The van der Waals surface area contributed by atoms with Crippen LogP contribution >= 0.6 is 0 Å². The van der Waals surface area contributed by atoms with E-state index in [1.165, 1.54) is 0 Å². The molecule has 3 unspecified atom stereocenters. The summed E-state index contributed by atoms with van der Waals surface area (Å²) in [6, 6.07) is 15.7. The number of carboxylic acid groups (broad SMARTS) is 1. The molecule has 2 fully saturated rings. The van der Waals surface area contributed by atoms with E-state index in [1.54, 1.807) is 4.90 Å². The van der Waals surface area contributed by atoms with E-state index in [-0.39, 0.29) is 24.3 Å². The molecule has 2 aromatic rings. The van der Waals surface area contributed by atoms with Gasteiger partial charge in [-0.2, -0.15) is 0 Å². The second-order valence-electron chi connectivity index (χ2n) is 10.2. The molecule has 3 atom stereocenters. The third kappa shape index (κ3) is 4.90. The van der Waals surface area contributed by atoms with E-state index in [2.05, 4.69) is 29.6 Å². The molecule has 184 valence electrons. The predicted molar refractivity (Wildman–Crippen MR) is 131 cm³/mol. The van der Waals surface area contributed by atoms with Gasteiger partial charge in [-0.05, 0) is 46.9 Å². The maximum atomic E-state index is 13.3. The predicted octanol–water partition coefficient (Wildman–Crippen LogP) is 4.26. The lowest BCUT2D eigenvalue weighted by atomic mass is 9.86. The number of hydrogen-bond donors (Lipinski definition) is 2. The summed E-state index contributed by atoms with van der Waals surface area (Å²) in [4.78, 5) is 39.3. The van der Waals surface area contributed by atoms with Gasteiger partial charge in [0.2, 0.25) is 5.91 Å². The highest BCUT2D eigenvalue weighted by Gasteiger charge is 2.38. The van der Waals surface area contributed by atoms with Crippen LogP contribution in [-0.4, -0.2) is 53.7 Å². The number of alkyl carbamates (subject to hydrolysis) is 1. The third-order valence-corrected chi connectivity index (χ3v) is 7.73. The Hall–Kier alpha value is -3.35. The van der Waals surface area contributed by atoms with E-state index in [0.717, 1.165) is 35.1 Å². The summed E-state index contributed by atoms with van der Waals surface area (Å²) >= 11 is 0. The maximum absolute atomic E-state index is 13.3. The zero-order valence-corrected chi connectivity index (χ0v) is 20.0. The number of carboxylic acids is 1. The number of piperidine rings is 1. The van der Waals surface area contributed by atoms with Crippen molar-refractivity contribution < 1.29 is 24.2 Å². The molecule has 0 radical (unpaired) electrons. The first-order chi connectivity index (χ1) is 16.9. The highest BCUT2D eigenvalue weighted by atomic mass is 16.5. The Morgan fingerprint density at radius 1 is 1.03 bits per heavy atom. The van der Waals surface area contributed by atoms with Gasteiger partial charge in [-0.3, -0.25) is 9.59 Å². The van der Waals surface area contributed by atoms with Crippen LogP contribution in [0, 0.1) is 17.8 Å². The van der Waals surface area contributed by atoms with Gasteiger partial charge in [0.1, 0.15) is 12.6 Å². The molecule has 0 bridgehead atoms. The van der Waals surface area contributed by atoms with Crippen molar-refractivity contribution in [1.29, 1.82) is 0 Å². The Morgan fingerprint density at radius 2 is 1.66 bits per heavy atom. The number of likely N-dealkylation sites (tertiary alicyclic amines) is 1. The number of hydrogen-bond acceptors (Lipinski definition) is 4. The molecule has 35 heavy (non-hydrogen) atoms. The number of aliphatic carboxylic acids is 1. The molecular weight excluding hydrogens is 444 g/mol. The Kier molecular flexibility index (Phi) is 6.50. The summed E-state index contributed by atoms with van der Waals surface area (Å²) < 4.78 is 5.68. The van der Waals surface area contributed by atoms with E-state index in [1.807, 2.05) is 31.2 Å². The molecule has 7 nitrogen and oxygen atoms in total. The van der Waals surface area contributed by atoms with Crippen LogP contribution < -0.4 is 5.32 Å². The van der Waals surface area contributed by atoms with Gasteiger partial charge in [0.25, 0.3) is 0 Å². The summed E-state index contributed by atoms with van der Waals surface area (Å²) in [6.07, 6.45) is 2.57. The van der Waals surface area contributed by atoms with E-state index >= 15 is 0 Å². The van der Waals surface area contributed by atoms with Crippen LogP contribution in [0.1, 0.15) is 49.7 Å². The van der Waals surface area contributed by atoms with Crippen molar-refractivity contribution >= 4 is 18.0 Å². The second-order valence-corrected chi connectivity index (χ2v) is 10.2. The van der Waals surface area contributed by atoms with Gasteiger partial charge in [0, 0.05) is 19.0 Å². The Balaban J connectivity index is 1.23. The molecule has 3 aliphatic rings. The Bertz CT molecular complexity index is 1080. The first-order valence-corrected chi connectivity index (χ1v) is 12.6. The normalized spacial score (nSPS) is 22.1. The molecule has 2 aliphatic carbocycles. The summed E-state index contributed by atoms with van der Waals surface area (Å²) in [7, 11) is 0. The number of fused-ring (bicyclic) bond motifs is 3. The van der Waals surface area contributed by atoms with E-state index in [4.69, 9.17) is 4.74 Å². The lowest BCUT2D eigenvalue weighted by molar-refractivity contribution is -0.148. The minimum Gasteiger partial charge on any atom is -0.481 e. The number of nitrogens with one attached hydrogen (secondary N) is 1. The molecule has 1 saturated carbocycles. The number of nitrogens with zero attached hydrogens (tertiary/aromatic N) is 1. The molecule has 1 saturated heterocycles. The first-order valence-electron chi connectivity index (χ1n) is 12.6. The maximum Gasteiger partial charge on any atom is 0.407 e. The molecule has 0 aromatic heterocycles. The molecule has 7 heteroatoms. The Morgan fingerprint density at radius 3 is 2.23 bits per heavy atom. The highest BCUT2D eigenvalue weighted by molar-refractivity contribution is 5.86. The molecular formula is C28H32N2O5. The zero-order valence-electron chi connectivity index (χ0n) is 20.0. The molecule has 2 N–H and O–H groups in total. The standard InChI is InChI=1S/C28H32N2O5/c1-17-15-30(13-12-19(17)27(32)33)26(31)25(14-18-10-11-18)29-28(34)35-16-24-22-8-4-2-6-20(22)21-7-3-5-9-23(21)24/h2-9,17-19,24-25H,10-16H2,1H3,(H,29,34)(H,32,33). The van der Waals surface area contributed by atoms with Crippen LogP contribution in [0.15, 0.2) is 48.5 Å². The monoisotopic (exact) mass is 476 g/mol. The molecule has 2 amide bonds. The minimum atomic E-state index is -0.809. The summed E-state index contributed by atoms with van der Waals surface area (Å²) in [5.74, 6) is -1.11. The van der Waals surface area contributed by atoms with Crippen molar-refractivity contribution in [3.8, 4) is 11.1 Å². The molecule has 2 aromatic carbocycles. The topological polar surface area (TPSA) is 95.9 Å². The Labute approximate surface area is 205 Å². The summed E-state index contributed by atoms with van der Waals surface area (Å²) in [5, 5.41) is 12.2. The van der Waals surface area contributed by atoms with Crippen LogP contribution in [-0.2, 0) is 14.3 Å². The van der Waals surface area contributed by atoms with Crippen molar-refractivity contribution in [2.45, 2.75) is 44.6 Å². The third-order valence-electron chi connectivity index (χ3n) is 7.73. The number of rotatable bonds is 7. The number of carbonyl (C=O) groups excluding carboxylic acids is 2. The first kappa shape index (κ1) is 23.4. The molecule has 5 rings (SSSR count). The van der Waals surface area contributed by atoms with Crippen molar-refractivity contribution in [3.63, 3.8) is 0 Å². The van der Waals surface area contributed by atoms with Gasteiger partial charge in [0.05, 0.1) is 5.92 Å². The molecule has 1 heterocycles. The van der Waals surface area contributed by atoms with Crippen LogP contribution in [0.25, 0.3) is 11.1 Å². The van der Waals surface area contributed by atoms with Crippen molar-refractivity contribution in [2.24, 2.45) is 17.8 Å². The fraction of sp³-hybridized carbons (Fsp3) is 0.464. The zero-order chi connectivity index (χ0) is 24.5. The quantitative estimate of drug-likeness (QED) is 0.622. The highest BCUT2D eigenvalue weighted by Crippen LogP contribution is 2.44. The SMILES string of the molecule is CC1CN(C(=O)C(CC2CC2)NC(=O)OCC2c3ccccc3-c3ccccc32)CCC1C(=O)O. The van der Waals surface area contributed by atoms with E-state index in [0.29, 0.717) is 31.8 Å². The fourth-order valence-corrected chi connectivity index (χ4v) is 5.62. The largest absolute Gasteiger partial charge is 0.481 e. The van der Waals surface area contributed by atoms with Crippen LogP contribution in [0.4, 0.5) is 4.79 Å². The molecule has 0 spiro atoms. The van der Waals surface area contributed by atoms with Crippen molar-refractivity contribution in [2.75, 3.05) is 19.7 Å². The average molecular weight is 477 g/mol. The lowest BCUT2D eigenvalue weighted by Gasteiger charge is -2.36. The van der Waals surface area contributed by atoms with Crippen molar-refractivity contribution in [3.05, 3.63) is 59.7 Å². The smallest absolute Gasteiger partial charge is 0.407 e. The second kappa shape index (κ2) is 9.72.